The molecule has 0 radical (unpaired) electrons. The third kappa shape index (κ3) is 14.6. The second-order valence-corrected chi connectivity index (χ2v) is 8.71. The lowest BCUT2D eigenvalue weighted by atomic mass is 9.95. The molecule has 2 fully saturated rings. The molecule has 0 amide bonds. The smallest absolute Gasteiger partial charge is 0.0916 e. The number of aliphatic hydroxyl groups is 1. The first-order valence-corrected chi connectivity index (χ1v) is 11.9. The number of carbonyl (C=O) groups is 4. The van der Waals surface area contributed by atoms with Crippen LogP contribution in [0.15, 0.2) is 48.6 Å². The maximum Gasteiger partial charge on any atom is 0.0916 e. The molecule has 1 N–H and O–H groups in total. The Balaban J connectivity index is 0.000000355. The van der Waals surface area contributed by atoms with Crippen molar-refractivity contribution in [3.8, 4) is 0 Å². The van der Waals surface area contributed by atoms with Crippen LogP contribution >= 0.6 is 0 Å². The van der Waals surface area contributed by atoms with E-state index in [9.17, 15) is 44.7 Å². The van der Waals surface area contributed by atoms with E-state index in [4.69, 9.17) is 0 Å². The lowest BCUT2D eigenvalue weighted by Crippen LogP contribution is -2.45. The summed E-state index contributed by atoms with van der Waals surface area (Å²) in [6.45, 7) is 5.10. The monoisotopic (exact) mass is 516 g/mol. The van der Waals surface area contributed by atoms with Crippen molar-refractivity contribution in [2.45, 2.75) is 37.7 Å². The van der Waals surface area contributed by atoms with Gasteiger partial charge in [-0.15, -0.1) is 0 Å². The average Bonchev–Trinajstić information content (AvgIpc) is 3.39. The number of likely N-dealkylation sites (N-methyl/N-ethyl adjacent to an activating group) is 1. The third-order valence-corrected chi connectivity index (χ3v) is 5.89. The van der Waals surface area contributed by atoms with Crippen molar-refractivity contribution >= 4 is 23.9 Å². The molecular formula is C26H32N2O9-4. The number of rotatable bonds is 8. The van der Waals surface area contributed by atoms with Gasteiger partial charge in [-0.25, -0.2) is 0 Å². The van der Waals surface area contributed by atoms with E-state index < -0.39 is 23.9 Å². The molecule has 1 aliphatic carbocycles. The number of nitrogens with zero attached hydrogens (tertiary/aromatic N) is 2. The second-order valence-electron chi connectivity index (χ2n) is 8.71. The Morgan fingerprint density at radius 3 is 1.59 bits per heavy atom. The number of piperazine rings is 1. The van der Waals surface area contributed by atoms with Gasteiger partial charge in [0.2, 0.25) is 0 Å². The number of carboxylic acid groups (broad SMARTS) is 4. The van der Waals surface area contributed by atoms with Gasteiger partial charge < -0.3 is 49.6 Å². The van der Waals surface area contributed by atoms with E-state index in [0.29, 0.717) is 24.3 Å². The van der Waals surface area contributed by atoms with Crippen LogP contribution in [0, 0.1) is 0 Å². The Bertz CT molecular complexity index is 864. The van der Waals surface area contributed by atoms with Crippen LogP contribution in [0.1, 0.15) is 48.8 Å². The predicted octanol–water partition coefficient (Wildman–Crippen LogP) is -3.29. The fraction of sp³-hybridized carbons (Fsp3) is 0.462. The highest BCUT2D eigenvalue weighted by Crippen LogP contribution is 2.34. The van der Waals surface area contributed by atoms with Gasteiger partial charge in [0.25, 0.3) is 0 Å². The average molecular weight is 517 g/mol. The van der Waals surface area contributed by atoms with E-state index in [-0.39, 0.29) is 6.10 Å². The Labute approximate surface area is 215 Å². The molecule has 37 heavy (non-hydrogen) atoms. The minimum Gasteiger partial charge on any atom is -0.545 e. The number of hydrogen-bond donors (Lipinski definition) is 1. The Morgan fingerprint density at radius 1 is 0.811 bits per heavy atom. The number of carboxylic acids is 4. The summed E-state index contributed by atoms with van der Waals surface area (Å²) in [5.41, 5.74) is 2.53. The molecule has 1 saturated carbocycles. The highest BCUT2D eigenvalue weighted by atomic mass is 16.4. The van der Waals surface area contributed by atoms with Gasteiger partial charge in [-0.1, -0.05) is 37.1 Å². The van der Waals surface area contributed by atoms with Crippen molar-refractivity contribution in [3.63, 3.8) is 0 Å². The molecule has 1 unspecified atom stereocenters. The Morgan fingerprint density at radius 2 is 1.22 bits per heavy atom. The minimum absolute atomic E-state index is 0.356. The summed E-state index contributed by atoms with van der Waals surface area (Å²) in [7, 11) is 2.16. The van der Waals surface area contributed by atoms with Crippen LogP contribution in [0.4, 0.5) is 0 Å². The number of hydrogen-bond acceptors (Lipinski definition) is 11. The minimum atomic E-state index is -1.55. The van der Waals surface area contributed by atoms with Crippen LogP contribution in [0.3, 0.4) is 0 Å². The van der Waals surface area contributed by atoms with E-state index in [1.54, 1.807) is 0 Å². The summed E-state index contributed by atoms with van der Waals surface area (Å²) < 4.78 is 0. The van der Waals surface area contributed by atoms with Crippen molar-refractivity contribution in [1.29, 1.82) is 0 Å². The zero-order valence-corrected chi connectivity index (χ0v) is 20.7. The van der Waals surface area contributed by atoms with E-state index in [0.717, 1.165) is 44.2 Å². The largest absolute Gasteiger partial charge is 0.545 e. The molecule has 204 valence electrons. The van der Waals surface area contributed by atoms with Gasteiger partial charge in [0.05, 0.1) is 30.0 Å². The summed E-state index contributed by atoms with van der Waals surface area (Å²) in [4.78, 5) is 42.4. The maximum atomic E-state index is 10.4. The molecule has 1 saturated heterocycles. The highest BCUT2D eigenvalue weighted by Gasteiger charge is 2.19. The van der Waals surface area contributed by atoms with Gasteiger partial charge in [0.15, 0.2) is 0 Å². The quantitative estimate of drug-likeness (QED) is 0.341. The fourth-order valence-electron chi connectivity index (χ4n) is 3.90. The van der Waals surface area contributed by atoms with Crippen molar-refractivity contribution in [1.82, 2.24) is 9.80 Å². The molecule has 1 aliphatic heterocycles. The molecule has 0 bridgehead atoms. The zero-order chi connectivity index (χ0) is 27.8. The van der Waals surface area contributed by atoms with Gasteiger partial charge in [-0.2, -0.15) is 0 Å². The van der Waals surface area contributed by atoms with Gasteiger partial charge in [0.1, 0.15) is 0 Å². The first-order chi connectivity index (χ1) is 17.5. The van der Waals surface area contributed by atoms with Crippen molar-refractivity contribution < 1.29 is 44.7 Å². The lowest BCUT2D eigenvalue weighted by Gasteiger charge is -2.33. The summed E-state index contributed by atoms with van der Waals surface area (Å²) in [6.07, 6.45) is 6.60. The summed E-state index contributed by atoms with van der Waals surface area (Å²) in [6, 6.07) is 8.74. The summed E-state index contributed by atoms with van der Waals surface area (Å²) in [5, 5.41) is 48.1. The lowest BCUT2D eigenvalue weighted by molar-refractivity contribution is -0.301. The normalized spacial score (nSPS) is 17.5. The van der Waals surface area contributed by atoms with E-state index in [2.05, 4.69) is 41.1 Å². The van der Waals surface area contributed by atoms with Gasteiger partial charge >= 0.3 is 0 Å². The molecule has 1 atom stereocenters. The standard InChI is InChI=1S/C18H28N2O.2C4H4O4/c1-19-10-12-20(13-11-19)14-18(21)17-8-6-16(7-9-17)15-4-2-3-5-15;2*5-3(6)1-2-4(7)8/h6-9,15,18,21H,2-5,10-14H2,1H3;2*1-2H,(H,5,6)(H,7,8)/p-4/b;2*2-1-. The van der Waals surface area contributed by atoms with E-state index in [1.807, 2.05) is 0 Å². The van der Waals surface area contributed by atoms with Crippen molar-refractivity contribution in [2.75, 3.05) is 39.8 Å². The molecule has 1 aromatic carbocycles. The molecule has 3 rings (SSSR count). The Kier molecular flexibility index (Phi) is 14.5. The third-order valence-electron chi connectivity index (χ3n) is 5.89. The maximum absolute atomic E-state index is 10.4. The van der Waals surface area contributed by atoms with Crippen LogP contribution in [-0.4, -0.2) is 78.6 Å². The molecule has 1 heterocycles. The van der Waals surface area contributed by atoms with Crippen LogP contribution in [0.25, 0.3) is 0 Å². The van der Waals surface area contributed by atoms with Crippen molar-refractivity contribution in [2.24, 2.45) is 0 Å². The topological polar surface area (TPSA) is 187 Å². The number of aliphatic carboxylic acids is 4. The number of carbonyl (C=O) groups excluding carboxylic acids is 4. The van der Waals surface area contributed by atoms with Gasteiger partial charge in [0, 0.05) is 32.7 Å². The highest BCUT2D eigenvalue weighted by molar-refractivity contribution is 5.88. The number of β-amino-alcohol motifs (C(OH)–C–C–N with tert-alkyl or cyclic N) is 1. The van der Waals surface area contributed by atoms with Crippen LogP contribution < -0.4 is 20.4 Å². The predicted molar refractivity (Wildman–Crippen MR) is 125 cm³/mol. The molecule has 11 nitrogen and oxygen atoms in total. The summed E-state index contributed by atoms with van der Waals surface area (Å²) in [5.74, 6) is -5.43. The molecule has 0 aromatic heterocycles. The summed E-state index contributed by atoms with van der Waals surface area (Å²) >= 11 is 0. The van der Waals surface area contributed by atoms with Crippen LogP contribution in [-0.2, 0) is 19.2 Å². The number of aliphatic hydroxyl groups excluding tert-OH is 1. The molecular weight excluding hydrogens is 484 g/mol. The van der Waals surface area contributed by atoms with Crippen molar-refractivity contribution in [3.05, 3.63) is 59.7 Å². The van der Waals surface area contributed by atoms with Crippen LogP contribution in [0.5, 0.6) is 0 Å². The molecule has 11 heteroatoms. The number of benzene rings is 1. The SMILES string of the molecule is CN1CCN(CC(O)c2ccc(C3CCCC3)cc2)CC1.O=C([O-])/C=C\C(=O)[O-].O=C([O-])/C=C\C(=O)[O-]. The van der Waals surface area contributed by atoms with Crippen LogP contribution in [0.2, 0.25) is 0 Å². The van der Waals surface area contributed by atoms with E-state index in [1.165, 1.54) is 31.2 Å². The van der Waals surface area contributed by atoms with Gasteiger partial charge in [-0.3, -0.25) is 4.90 Å². The first kappa shape index (κ1) is 31.5. The fourth-order valence-corrected chi connectivity index (χ4v) is 3.90. The molecule has 0 spiro atoms. The first-order valence-electron chi connectivity index (χ1n) is 11.9. The van der Waals surface area contributed by atoms with E-state index >= 15 is 0 Å². The Hall–Kier alpha value is -3.54. The second kappa shape index (κ2) is 17.0. The molecule has 1 aromatic rings. The zero-order valence-electron chi connectivity index (χ0n) is 20.7. The van der Waals surface area contributed by atoms with Gasteiger partial charge in [-0.05, 0) is 61.2 Å². The molecule has 2 aliphatic rings.